The van der Waals surface area contributed by atoms with E-state index in [0.717, 1.165) is 17.3 Å². The Labute approximate surface area is 94.5 Å². The number of aromatic nitrogens is 1. The Morgan fingerprint density at radius 1 is 1.20 bits per heavy atom. The summed E-state index contributed by atoms with van der Waals surface area (Å²) in [5.74, 6) is 0. The predicted molar refractivity (Wildman–Crippen MR) is 64.2 cm³/mol. The summed E-state index contributed by atoms with van der Waals surface area (Å²) in [5.41, 5.74) is 2.36. The van der Waals surface area contributed by atoms with E-state index in [2.05, 4.69) is 17.6 Å². The number of nitrogens with zero attached hydrogens (tertiary/aromatic N) is 1. The molecule has 0 aliphatic heterocycles. The summed E-state index contributed by atoms with van der Waals surface area (Å²) in [7, 11) is 2.02. The summed E-state index contributed by atoms with van der Waals surface area (Å²) in [5, 5.41) is 4.09. The molecule has 1 aromatic heterocycles. The molecule has 3 heteroatoms. The number of halogens is 1. The second-order valence-corrected chi connectivity index (χ2v) is 3.98. The third-order valence-electron chi connectivity index (χ3n) is 2.23. The zero-order valence-corrected chi connectivity index (χ0v) is 9.33. The van der Waals surface area contributed by atoms with Crippen LogP contribution in [0.5, 0.6) is 0 Å². The first kappa shape index (κ1) is 10.1. The minimum Gasteiger partial charge on any atom is -0.381 e. The molecular weight excluding hydrogens is 208 g/mol. The fourth-order valence-electron chi connectivity index (χ4n) is 1.44. The first-order chi connectivity index (χ1) is 7.24. The van der Waals surface area contributed by atoms with Gasteiger partial charge in [0, 0.05) is 36.7 Å². The van der Waals surface area contributed by atoms with Crippen molar-refractivity contribution in [2.24, 2.45) is 7.05 Å². The fourth-order valence-corrected chi connectivity index (χ4v) is 1.56. The molecule has 0 saturated heterocycles. The van der Waals surface area contributed by atoms with E-state index in [0.29, 0.717) is 0 Å². The highest BCUT2D eigenvalue weighted by Gasteiger charge is 1.95. The van der Waals surface area contributed by atoms with Gasteiger partial charge >= 0.3 is 0 Å². The van der Waals surface area contributed by atoms with Crippen molar-refractivity contribution in [3.63, 3.8) is 0 Å². The molecule has 0 radical (unpaired) electrons. The van der Waals surface area contributed by atoms with Crippen LogP contribution in [0.1, 0.15) is 5.56 Å². The van der Waals surface area contributed by atoms with Crippen LogP contribution in [0.15, 0.2) is 42.7 Å². The molecule has 0 fully saturated rings. The van der Waals surface area contributed by atoms with E-state index in [4.69, 9.17) is 11.6 Å². The van der Waals surface area contributed by atoms with E-state index in [9.17, 15) is 0 Å². The van der Waals surface area contributed by atoms with Crippen LogP contribution in [0.4, 0.5) is 5.69 Å². The second kappa shape index (κ2) is 4.41. The molecule has 0 unspecified atom stereocenters. The molecule has 0 spiro atoms. The van der Waals surface area contributed by atoms with E-state index < -0.39 is 0 Å². The molecule has 0 aliphatic rings. The van der Waals surface area contributed by atoms with Gasteiger partial charge in [0.2, 0.25) is 0 Å². The Bertz CT molecular complexity index is 431. The molecule has 78 valence electrons. The van der Waals surface area contributed by atoms with Crippen LogP contribution in [0.25, 0.3) is 0 Å². The van der Waals surface area contributed by atoms with Crippen molar-refractivity contribution in [1.29, 1.82) is 0 Å². The maximum Gasteiger partial charge on any atom is 0.0415 e. The van der Waals surface area contributed by atoms with Crippen molar-refractivity contribution < 1.29 is 0 Å². The average molecular weight is 221 g/mol. The lowest BCUT2D eigenvalue weighted by Gasteiger charge is -2.04. The van der Waals surface area contributed by atoms with E-state index in [1.165, 1.54) is 5.56 Å². The molecule has 0 atom stereocenters. The molecular formula is C12H13ClN2. The average Bonchev–Trinajstić information content (AvgIpc) is 2.64. The SMILES string of the molecule is Cn1ccc(CNc2ccc(Cl)cc2)c1. The number of benzene rings is 1. The quantitative estimate of drug-likeness (QED) is 0.840. The number of hydrogen-bond donors (Lipinski definition) is 1. The Morgan fingerprint density at radius 2 is 1.93 bits per heavy atom. The van der Waals surface area contributed by atoms with Gasteiger partial charge in [-0.25, -0.2) is 0 Å². The number of rotatable bonds is 3. The predicted octanol–water partition coefficient (Wildman–Crippen LogP) is 3.29. The summed E-state index contributed by atoms with van der Waals surface area (Å²) < 4.78 is 2.04. The smallest absolute Gasteiger partial charge is 0.0415 e. The van der Waals surface area contributed by atoms with Gasteiger partial charge in [-0.05, 0) is 35.9 Å². The Kier molecular flexibility index (Phi) is 2.97. The van der Waals surface area contributed by atoms with Gasteiger partial charge in [-0.1, -0.05) is 11.6 Å². The van der Waals surface area contributed by atoms with Gasteiger partial charge in [-0.15, -0.1) is 0 Å². The van der Waals surface area contributed by atoms with Crippen molar-refractivity contribution in [1.82, 2.24) is 4.57 Å². The van der Waals surface area contributed by atoms with E-state index in [1.54, 1.807) is 0 Å². The second-order valence-electron chi connectivity index (χ2n) is 3.55. The largest absolute Gasteiger partial charge is 0.381 e. The minimum atomic E-state index is 0.764. The normalized spacial score (nSPS) is 10.3. The van der Waals surface area contributed by atoms with Crippen LogP contribution < -0.4 is 5.32 Å². The number of anilines is 1. The Hall–Kier alpha value is -1.41. The van der Waals surface area contributed by atoms with Crippen molar-refractivity contribution in [3.8, 4) is 0 Å². The Balaban J connectivity index is 1.96. The zero-order valence-electron chi connectivity index (χ0n) is 8.57. The van der Waals surface area contributed by atoms with Gasteiger partial charge in [-0.3, -0.25) is 0 Å². The maximum atomic E-state index is 5.80. The molecule has 0 aliphatic carbocycles. The standard InChI is InChI=1S/C12H13ClN2/c1-15-7-6-10(9-15)8-14-12-4-2-11(13)3-5-12/h2-7,9,14H,8H2,1H3. The van der Waals surface area contributed by atoms with Crippen LogP contribution in [0.3, 0.4) is 0 Å². The highest BCUT2D eigenvalue weighted by molar-refractivity contribution is 6.30. The van der Waals surface area contributed by atoms with Crippen molar-refractivity contribution in [3.05, 3.63) is 53.3 Å². The third-order valence-corrected chi connectivity index (χ3v) is 2.49. The molecule has 1 aromatic carbocycles. The molecule has 2 nitrogen and oxygen atoms in total. The molecule has 0 saturated carbocycles. The van der Waals surface area contributed by atoms with Crippen molar-refractivity contribution in [2.45, 2.75) is 6.54 Å². The monoisotopic (exact) mass is 220 g/mol. The van der Waals surface area contributed by atoms with Gasteiger partial charge in [0.15, 0.2) is 0 Å². The zero-order chi connectivity index (χ0) is 10.7. The molecule has 2 aromatic rings. The number of nitrogens with one attached hydrogen (secondary N) is 1. The van der Waals surface area contributed by atoms with E-state index >= 15 is 0 Å². The van der Waals surface area contributed by atoms with Gasteiger partial charge in [-0.2, -0.15) is 0 Å². The van der Waals surface area contributed by atoms with Crippen LogP contribution in [0.2, 0.25) is 5.02 Å². The summed E-state index contributed by atoms with van der Waals surface area (Å²) in [4.78, 5) is 0. The van der Waals surface area contributed by atoms with Gasteiger partial charge in [0.1, 0.15) is 0 Å². The van der Waals surface area contributed by atoms with Gasteiger partial charge in [0.25, 0.3) is 0 Å². The molecule has 1 heterocycles. The number of hydrogen-bond acceptors (Lipinski definition) is 1. The third kappa shape index (κ3) is 2.77. The summed E-state index contributed by atoms with van der Waals surface area (Å²) in [6, 6.07) is 9.82. The lowest BCUT2D eigenvalue weighted by molar-refractivity contribution is 0.920. The number of aryl methyl sites for hydroxylation is 1. The molecule has 0 bridgehead atoms. The minimum absolute atomic E-state index is 0.764. The Morgan fingerprint density at radius 3 is 2.53 bits per heavy atom. The highest BCUT2D eigenvalue weighted by atomic mass is 35.5. The van der Waals surface area contributed by atoms with Crippen LogP contribution >= 0.6 is 11.6 Å². The summed E-state index contributed by atoms with van der Waals surface area (Å²) >= 11 is 5.80. The molecule has 15 heavy (non-hydrogen) atoms. The van der Waals surface area contributed by atoms with Gasteiger partial charge in [0.05, 0.1) is 0 Å². The first-order valence-electron chi connectivity index (χ1n) is 4.84. The van der Waals surface area contributed by atoms with E-state index in [-0.39, 0.29) is 0 Å². The van der Waals surface area contributed by atoms with Gasteiger partial charge < -0.3 is 9.88 Å². The summed E-state index contributed by atoms with van der Waals surface area (Å²) in [6.07, 6.45) is 4.14. The van der Waals surface area contributed by atoms with E-state index in [1.807, 2.05) is 42.1 Å². The van der Waals surface area contributed by atoms with Crippen LogP contribution in [-0.2, 0) is 13.6 Å². The molecule has 2 rings (SSSR count). The van der Waals surface area contributed by atoms with Crippen LogP contribution in [-0.4, -0.2) is 4.57 Å². The topological polar surface area (TPSA) is 17.0 Å². The highest BCUT2D eigenvalue weighted by Crippen LogP contribution is 2.14. The first-order valence-corrected chi connectivity index (χ1v) is 5.22. The van der Waals surface area contributed by atoms with Crippen LogP contribution in [0, 0.1) is 0 Å². The van der Waals surface area contributed by atoms with Crippen molar-refractivity contribution >= 4 is 17.3 Å². The lowest BCUT2D eigenvalue weighted by Crippen LogP contribution is -1.97. The van der Waals surface area contributed by atoms with Crippen molar-refractivity contribution in [2.75, 3.05) is 5.32 Å². The lowest BCUT2D eigenvalue weighted by atomic mass is 10.3. The maximum absolute atomic E-state index is 5.80. The summed E-state index contributed by atoms with van der Waals surface area (Å²) in [6.45, 7) is 0.836. The molecule has 0 amide bonds. The fraction of sp³-hybridized carbons (Fsp3) is 0.167. The molecule has 1 N–H and O–H groups in total.